The molecule has 0 fully saturated rings. The third-order valence-corrected chi connectivity index (χ3v) is 22.7. The Morgan fingerprint density at radius 1 is 0.330 bits per heavy atom. The van der Waals surface area contributed by atoms with E-state index in [1.54, 1.807) is 43.0 Å². The molecular weight excluding hydrogens is 1440 g/mol. The fraction of sp³-hybridized carbons (Fsp3) is 0.0408. The molecule has 2 spiro atoms. The van der Waals surface area contributed by atoms with E-state index >= 15 is 0 Å². The Balaban J connectivity index is 0.000000136. The van der Waals surface area contributed by atoms with Crippen LogP contribution in [0, 0.1) is 22.7 Å². The number of ether oxygens (including phenoxy) is 2. The average Bonchev–Trinajstić information content (AvgIpc) is 1.55. The highest BCUT2D eigenvalue weighted by atomic mass is 79.9. The smallest absolute Gasteiger partial charge is 0.454 e. The Hall–Kier alpha value is -14.1. The van der Waals surface area contributed by atoms with Gasteiger partial charge in [0.25, 0.3) is 0 Å². The molecule has 12 nitrogen and oxygen atoms in total. The van der Waals surface area contributed by atoms with E-state index in [4.69, 9.17) is 24.8 Å². The number of hydrogen-bond donors (Lipinski definition) is 2. The molecule has 112 heavy (non-hydrogen) atoms. The van der Waals surface area contributed by atoms with Crippen LogP contribution in [0.1, 0.15) is 71.9 Å². The van der Waals surface area contributed by atoms with E-state index in [0.717, 1.165) is 83.3 Å². The molecule has 14 heteroatoms. The SMILES string of the molecule is Brc1cccc2c1Oc1c(-n3c4ccccc4c4ccccc43)cccc1C21c2ccccc2-c2ccccc21.C.C.N#Cc1cc(-c2cccc3c2Oc2c(-n4c5ccccc5c5ccccc54)cccc2C32c3ccccc3-c3ccccc32)ccc1-c1ncccn1.N#Cc1cc(B(O)O)ccc1-c1ncccn1.[2HH]. The zero-order valence-corrected chi connectivity index (χ0v) is 60.2. The Morgan fingerprint density at radius 3 is 1.08 bits per heavy atom. The third-order valence-electron chi connectivity index (χ3n) is 22.1. The van der Waals surface area contributed by atoms with E-state index in [2.05, 4.69) is 318 Å². The van der Waals surface area contributed by atoms with Crippen molar-refractivity contribution in [2.45, 2.75) is 25.7 Å². The van der Waals surface area contributed by atoms with Crippen molar-refractivity contribution in [3.63, 3.8) is 0 Å². The van der Waals surface area contributed by atoms with Crippen LogP contribution in [0.3, 0.4) is 0 Å². The topological polar surface area (TPSA) is 168 Å². The van der Waals surface area contributed by atoms with Crippen LogP contribution in [0.4, 0.5) is 0 Å². The molecule has 2 aliphatic carbocycles. The predicted octanol–water partition coefficient (Wildman–Crippen LogP) is 22.5. The second-order valence-corrected chi connectivity index (χ2v) is 28.4. The molecule has 4 aromatic heterocycles. The molecule has 18 aromatic rings. The molecule has 0 saturated carbocycles. The highest BCUT2D eigenvalue weighted by Gasteiger charge is 2.54. The largest absolute Gasteiger partial charge is 0.488 e. The first-order valence-electron chi connectivity index (χ1n) is 36.2. The normalized spacial score (nSPS) is 12.7. The zero-order chi connectivity index (χ0) is 73.8. The summed E-state index contributed by atoms with van der Waals surface area (Å²) in [5, 5.41) is 42.3. The Bertz CT molecular complexity index is 6730. The van der Waals surface area contributed by atoms with Crippen LogP contribution in [-0.4, -0.2) is 46.2 Å². The van der Waals surface area contributed by atoms with E-state index in [1.165, 1.54) is 89.2 Å². The fourth-order valence-electron chi connectivity index (χ4n) is 17.7. The summed E-state index contributed by atoms with van der Waals surface area (Å²) in [5.74, 6) is 4.29. The van der Waals surface area contributed by atoms with Crippen molar-refractivity contribution < 1.29 is 20.9 Å². The van der Waals surface area contributed by atoms with Crippen LogP contribution >= 0.6 is 15.9 Å². The van der Waals surface area contributed by atoms with Crippen molar-refractivity contribution in [2.75, 3.05) is 0 Å². The first-order chi connectivity index (χ1) is 54.3. The van der Waals surface area contributed by atoms with E-state index in [-0.39, 0.29) is 21.7 Å². The Kier molecular flexibility index (Phi) is 17.3. The van der Waals surface area contributed by atoms with Crippen molar-refractivity contribution >= 4 is 72.1 Å². The lowest BCUT2D eigenvalue weighted by atomic mass is 9.65. The maximum atomic E-state index is 10.4. The molecule has 0 saturated heterocycles. The third kappa shape index (κ3) is 10.4. The summed E-state index contributed by atoms with van der Waals surface area (Å²) in [6.07, 6.45) is 6.56. The number of benzene rings is 14. The molecule has 6 heterocycles. The van der Waals surface area contributed by atoms with Crippen LogP contribution < -0.4 is 14.9 Å². The molecule has 0 bridgehead atoms. The minimum Gasteiger partial charge on any atom is -0.454 e. The van der Waals surface area contributed by atoms with Gasteiger partial charge in [0.15, 0.2) is 23.1 Å². The number of fused-ring (bicyclic) bond motifs is 24. The summed E-state index contributed by atoms with van der Waals surface area (Å²) in [7, 11) is -1.59. The van der Waals surface area contributed by atoms with Crippen molar-refractivity contribution in [2.24, 2.45) is 0 Å². The van der Waals surface area contributed by atoms with Crippen molar-refractivity contribution in [3.8, 4) is 103 Å². The molecular formula is C98H68BBrN8O4. The lowest BCUT2D eigenvalue weighted by Gasteiger charge is -2.40. The quantitative estimate of drug-likeness (QED) is 0.153. The molecule has 0 radical (unpaired) electrons. The fourth-order valence-corrected chi connectivity index (χ4v) is 18.1. The van der Waals surface area contributed by atoms with Gasteiger partial charge in [0, 0.05) is 86.7 Å². The maximum absolute atomic E-state index is 10.4. The van der Waals surface area contributed by atoms with Gasteiger partial charge in [-0.05, 0) is 144 Å². The maximum Gasteiger partial charge on any atom is 0.488 e. The van der Waals surface area contributed by atoms with E-state index in [9.17, 15) is 5.26 Å². The molecule has 0 atom stereocenters. The summed E-state index contributed by atoms with van der Waals surface area (Å²) in [6.45, 7) is 0. The second-order valence-electron chi connectivity index (χ2n) is 27.5. The van der Waals surface area contributed by atoms with Gasteiger partial charge in [0.05, 0.1) is 72.0 Å². The average molecular weight is 1510 g/mol. The lowest BCUT2D eigenvalue weighted by Crippen LogP contribution is -2.32. The van der Waals surface area contributed by atoms with Gasteiger partial charge in [-0.1, -0.05) is 258 Å². The minimum atomic E-state index is -1.59. The number of rotatable bonds is 6. The van der Waals surface area contributed by atoms with Crippen LogP contribution in [-0.2, 0) is 10.8 Å². The molecule has 0 unspecified atom stereocenters. The predicted molar refractivity (Wildman–Crippen MR) is 453 cm³/mol. The van der Waals surface area contributed by atoms with E-state index in [1.807, 2.05) is 24.3 Å². The number of hydrogen-bond acceptors (Lipinski definition) is 10. The van der Waals surface area contributed by atoms with Gasteiger partial charge in [0.1, 0.15) is 11.5 Å². The van der Waals surface area contributed by atoms with Gasteiger partial charge in [-0.25, -0.2) is 19.9 Å². The zero-order valence-electron chi connectivity index (χ0n) is 58.6. The number of nitriles is 2. The molecule has 2 N–H and O–H groups in total. The first-order valence-corrected chi connectivity index (χ1v) is 37.0. The molecule has 4 aliphatic rings. The van der Waals surface area contributed by atoms with Crippen molar-refractivity contribution in [1.82, 2.24) is 29.1 Å². The first kappa shape index (κ1) is 69.6. The summed E-state index contributed by atoms with van der Waals surface area (Å²) in [6, 6.07) is 114. The molecule has 22 rings (SSSR count). The van der Waals surface area contributed by atoms with E-state index in [0.29, 0.717) is 33.9 Å². The van der Waals surface area contributed by atoms with Gasteiger partial charge in [-0.3, -0.25) is 0 Å². The summed E-state index contributed by atoms with van der Waals surface area (Å²) in [4.78, 5) is 17.0. The monoisotopic (exact) mass is 1510 g/mol. The number of para-hydroxylation sites is 8. The lowest BCUT2D eigenvalue weighted by molar-refractivity contribution is 0.425. The molecule has 0 amide bonds. The van der Waals surface area contributed by atoms with Crippen LogP contribution in [0.5, 0.6) is 23.0 Å². The summed E-state index contributed by atoms with van der Waals surface area (Å²) >= 11 is 3.87. The summed E-state index contributed by atoms with van der Waals surface area (Å²) in [5.41, 5.74) is 24.0. The standard InChI is InChI=1S/C48H28N4O.C37H22BrNO.C11H8BN3O2.2CH4.H2/c49-29-31-28-30(24-25-33(31)47-50-26-11-27-51-47)32-16-9-19-40-45(32)53-46-41(48(40)38-17-5-1-12-34(38)35-13-2-6-18-39(35)48)20-10-23-44(46)52-42-21-7-3-14-36(42)37-15-4-8-22-43(37)52;38-31-19-9-17-29-35(31)40-36-30(37(29)27-15-5-1-11-23(27)24-12-2-6-16-28(24)37)18-10-22-34(36)39-32-20-7-3-13-25(32)26-14-4-8-21-33(26)39;13-7-8-6-9(12(16)17)2-3-10(8)11-14-4-1-5-15-11;;;/h1-28H;1-22H;1-6,16-17H;2*1H4;1H/i;;;;;1+1. The van der Waals surface area contributed by atoms with Crippen molar-refractivity contribution in [1.29, 1.82) is 10.5 Å². The Labute approximate surface area is 657 Å². The number of nitrogens with zero attached hydrogens (tertiary/aromatic N) is 8. The van der Waals surface area contributed by atoms with E-state index < -0.39 is 17.9 Å². The molecule has 2 aliphatic heterocycles. The van der Waals surface area contributed by atoms with Gasteiger partial charge in [-0.15, -0.1) is 0 Å². The highest BCUT2D eigenvalue weighted by Crippen LogP contribution is 2.66. The summed E-state index contributed by atoms with van der Waals surface area (Å²) < 4.78 is 20.1. The van der Waals surface area contributed by atoms with Gasteiger partial charge in [-0.2, -0.15) is 10.5 Å². The van der Waals surface area contributed by atoms with Gasteiger partial charge < -0.3 is 28.7 Å². The van der Waals surface area contributed by atoms with Crippen LogP contribution in [0.2, 0.25) is 0 Å². The second kappa shape index (κ2) is 27.8. The highest BCUT2D eigenvalue weighted by molar-refractivity contribution is 9.10. The molecule has 14 aromatic carbocycles. The Morgan fingerprint density at radius 2 is 0.661 bits per heavy atom. The van der Waals surface area contributed by atoms with Gasteiger partial charge >= 0.3 is 7.12 Å². The molecule has 534 valence electrons. The van der Waals surface area contributed by atoms with Crippen molar-refractivity contribution in [3.05, 3.63) is 400 Å². The number of aromatic nitrogens is 6. The number of halogens is 1. The van der Waals surface area contributed by atoms with Gasteiger partial charge in [0.2, 0.25) is 0 Å². The van der Waals surface area contributed by atoms with Crippen LogP contribution in [0.25, 0.3) is 111 Å². The minimum absolute atomic E-state index is 0. The van der Waals surface area contributed by atoms with Crippen LogP contribution in [0.15, 0.2) is 345 Å².